The van der Waals surface area contributed by atoms with Gasteiger partial charge < -0.3 is 24.3 Å². The van der Waals surface area contributed by atoms with E-state index >= 15 is 0 Å². The van der Waals surface area contributed by atoms with Crippen molar-refractivity contribution in [2.75, 3.05) is 27.3 Å². The molecule has 0 fully saturated rings. The van der Waals surface area contributed by atoms with Gasteiger partial charge in [-0.3, -0.25) is 0 Å². The van der Waals surface area contributed by atoms with Gasteiger partial charge in [0, 0.05) is 31.5 Å². The maximum Gasteiger partial charge on any atom is 0.318 e. The Balaban J connectivity index is 1.55. The van der Waals surface area contributed by atoms with Crippen LogP contribution in [0.25, 0.3) is 0 Å². The van der Waals surface area contributed by atoms with E-state index in [1.165, 1.54) is 5.69 Å². The highest BCUT2D eigenvalue weighted by Crippen LogP contribution is 2.28. The number of urea groups is 1. The molecule has 0 spiro atoms. The summed E-state index contributed by atoms with van der Waals surface area (Å²) in [5.74, 6) is 1.41. The Hall–Kier alpha value is -2.63. The number of hydrogen-bond donors (Lipinski definition) is 1. The van der Waals surface area contributed by atoms with E-state index < -0.39 is 0 Å². The summed E-state index contributed by atoms with van der Waals surface area (Å²) in [6.45, 7) is 4.22. The zero-order chi connectivity index (χ0) is 17.8. The number of amides is 2. The van der Waals surface area contributed by atoms with Gasteiger partial charge in [-0.2, -0.15) is 0 Å². The van der Waals surface area contributed by atoms with Crippen molar-refractivity contribution in [3.63, 3.8) is 0 Å². The quantitative estimate of drug-likeness (QED) is 0.908. The minimum absolute atomic E-state index is 0.0135. The number of aromatic nitrogens is 1. The first-order chi connectivity index (χ1) is 12.1. The predicted octanol–water partition coefficient (Wildman–Crippen LogP) is 2.83. The maximum atomic E-state index is 12.5. The van der Waals surface area contributed by atoms with E-state index in [4.69, 9.17) is 9.47 Å². The number of fused-ring (bicyclic) bond motifs is 1. The van der Waals surface area contributed by atoms with Crippen molar-refractivity contribution < 1.29 is 14.3 Å². The third kappa shape index (κ3) is 3.57. The summed E-state index contributed by atoms with van der Waals surface area (Å²) < 4.78 is 12.8. The van der Waals surface area contributed by atoms with Gasteiger partial charge in [-0.15, -0.1) is 0 Å². The van der Waals surface area contributed by atoms with Crippen molar-refractivity contribution in [1.82, 2.24) is 14.8 Å². The standard InChI is InChI=1S/C19H25N3O3/c1-14-16-5-4-10-21(16)11-12-22(14)19(23)20-9-8-15-6-7-17(24-2)18(13-15)25-3/h4-7,10,13-14H,8-9,11-12H2,1-3H3,(H,20,23)/t14-/m0/s1. The fourth-order valence-electron chi connectivity index (χ4n) is 3.31. The molecule has 25 heavy (non-hydrogen) atoms. The molecule has 0 bridgehead atoms. The third-order valence-corrected chi connectivity index (χ3v) is 4.74. The zero-order valence-corrected chi connectivity index (χ0v) is 15.0. The third-order valence-electron chi connectivity index (χ3n) is 4.74. The molecule has 3 rings (SSSR count). The molecule has 1 aromatic carbocycles. The fourth-order valence-corrected chi connectivity index (χ4v) is 3.31. The number of carbonyl (C=O) groups is 1. The maximum absolute atomic E-state index is 12.5. The number of methoxy groups -OCH3 is 2. The molecule has 2 heterocycles. The van der Waals surface area contributed by atoms with Crippen LogP contribution in [0.4, 0.5) is 4.79 Å². The molecule has 1 atom stereocenters. The zero-order valence-electron chi connectivity index (χ0n) is 15.0. The summed E-state index contributed by atoms with van der Waals surface area (Å²) in [4.78, 5) is 14.4. The molecule has 0 saturated heterocycles. The average Bonchev–Trinajstić information content (AvgIpc) is 3.11. The fraction of sp³-hybridized carbons (Fsp3) is 0.421. The molecule has 0 radical (unpaired) electrons. The normalized spacial score (nSPS) is 16.3. The SMILES string of the molecule is COc1ccc(CCNC(=O)N2CCn3cccc3[C@@H]2C)cc1OC. The highest BCUT2D eigenvalue weighted by Gasteiger charge is 2.26. The van der Waals surface area contributed by atoms with Gasteiger partial charge >= 0.3 is 6.03 Å². The Morgan fingerprint density at radius 1 is 1.20 bits per heavy atom. The number of hydrogen-bond acceptors (Lipinski definition) is 3. The topological polar surface area (TPSA) is 55.7 Å². The van der Waals surface area contributed by atoms with Crippen LogP contribution in [0.3, 0.4) is 0 Å². The molecule has 6 nitrogen and oxygen atoms in total. The van der Waals surface area contributed by atoms with E-state index in [2.05, 4.69) is 29.1 Å². The largest absolute Gasteiger partial charge is 0.493 e. The highest BCUT2D eigenvalue weighted by molar-refractivity contribution is 5.74. The van der Waals surface area contributed by atoms with Gasteiger partial charge in [0.1, 0.15) is 0 Å². The summed E-state index contributed by atoms with van der Waals surface area (Å²) in [7, 11) is 3.24. The highest BCUT2D eigenvalue weighted by atomic mass is 16.5. The molecule has 0 saturated carbocycles. The second-order valence-electron chi connectivity index (χ2n) is 6.17. The van der Waals surface area contributed by atoms with E-state index in [-0.39, 0.29) is 12.1 Å². The Labute approximate surface area is 148 Å². The second kappa shape index (κ2) is 7.51. The van der Waals surface area contributed by atoms with Crippen LogP contribution in [0.5, 0.6) is 11.5 Å². The molecule has 6 heteroatoms. The van der Waals surface area contributed by atoms with E-state index in [0.717, 1.165) is 25.1 Å². The first-order valence-corrected chi connectivity index (χ1v) is 8.54. The smallest absolute Gasteiger partial charge is 0.318 e. The lowest BCUT2D eigenvalue weighted by molar-refractivity contribution is 0.162. The van der Waals surface area contributed by atoms with E-state index in [1.54, 1.807) is 14.2 Å². The number of benzene rings is 1. The minimum Gasteiger partial charge on any atom is -0.493 e. The van der Waals surface area contributed by atoms with Crippen LogP contribution in [-0.4, -0.2) is 42.8 Å². The summed E-state index contributed by atoms with van der Waals surface area (Å²) in [5.41, 5.74) is 2.28. The molecule has 1 aliphatic rings. The first kappa shape index (κ1) is 17.2. The lowest BCUT2D eigenvalue weighted by atomic mass is 10.1. The van der Waals surface area contributed by atoms with Gasteiger partial charge in [0.2, 0.25) is 0 Å². The molecule has 1 N–H and O–H groups in total. The number of ether oxygens (including phenoxy) is 2. The summed E-state index contributed by atoms with van der Waals surface area (Å²) in [6.07, 6.45) is 2.81. The van der Waals surface area contributed by atoms with Crippen LogP contribution in [0.15, 0.2) is 36.5 Å². The van der Waals surface area contributed by atoms with Crippen molar-refractivity contribution in [1.29, 1.82) is 0 Å². The molecule has 0 unspecified atom stereocenters. The molecule has 1 aromatic heterocycles. The number of rotatable bonds is 5. The summed E-state index contributed by atoms with van der Waals surface area (Å²) in [5, 5.41) is 3.03. The summed E-state index contributed by atoms with van der Waals surface area (Å²) >= 11 is 0. The van der Waals surface area contributed by atoms with Crippen molar-refractivity contribution in [3.8, 4) is 11.5 Å². The van der Waals surface area contributed by atoms with Crippen LogP contribution < -0.4 is 14.8 Å². The van der Waals surface area contributed by atoms with Crippen LogP contribution in [0.1, 0.15) is 24.2 Å². The molecular weight excluding hydrogens is 318 g/mol. The van der Waals surface area contributed by atoms with Crippen LogP contribution in [0.2, 0.25) is 0 Å². The molecular formula is C19H25N3O3. The Kier molecular flexibility index (Phi) is 5.16. The lowest BCUT2D eigenvalue weighted by Gasteiger charge is -2.34. The Morgan fingerprint density at radius 2 is 2.00 bits per heavy atom. The van der Waals surface area contributed by atoms with Crippen LogP contribution in [-0.2, 0) is 13.0 Å². The Bertz CT molecular complexity index is 741. The minimum atomic E-state index is -0.0135. The Morgan fingerprint density at radius 3 is 2.76 bits per heavy atom. The molecule has 134 valence electrons. The van der Waals surface area contributed by atoms with Gasteiger partial charge in [0.15, 0.2) is 11.5 Å². The van der Waals surface area contributed by atoms with Crippen LogP contribution >= 0.6 is 0 Å². The molecule has 2 amide bonds. The van der Waals surface area contributed by atoms with Crippen LogP contribution in [0, 0.1) is 0 Å². The van der Waals surface area contributed by atoms with E-state index in [0.29, 0.717) is 18.0 Å². The monoisotopic (exact) mass is 343 g/mol. The lowest BCUT2D eigenvalue weighted by Crippen LogP contribution is -2.46. The molecule has 2 aromatic rings. The predicted molar refractivity (Wildman–Crippen MR) is 96.2 cm³/mol. The number of carbonyl (C=O) groups excluding carboxylic acids is 1. The molecule has 0 aliphatic carbocycles. The second-order valence-corrected chi connectivity index (χ2v) is 6.17. The van der Waals surface area contributed by atoms with Gasteiger partial charge in [-0.25, -0.2) is 4.79 Å². The summed E-state index contributed by atoms with van der Waals surface area (Å²) in [6, 6.07) is 10.0. The van der Waals surface area contributed by atoms with Gasteiger partial charge in [0.25, 0.3) is 0 Å². The number of nitrogens with zero attached hydrogens (tertiary/aromatic N) is 2. The first-order valence-electron chi connectivity index (χ1n) is 8.54. The van der Waals surface area contributed by atoms with Gasteiger partial charge in [-0.1, -0.05) is 6.07 Å². The molecule has 1 aliphatic heterocycles. The van der Waals surface area contributed by atoms with Crippen molar-refractivity contribution in [2.45, 2.75) is 25.9 Å². The van der Waals surface area contributed by atoms with E-state index in [1.807, 2.05) is 29.2 Å². The van der Waals surface area contributed by atoms with Crippen molar-refractivity contribution in [2.24, 2.45) is 0 Å². The van der Waals surface area contributed by atoms with Crippen molar-refractivity contribution >= 4 is 6.03 Å². The number of nitrogens with one attached hydrogen (secondary N) is 1. The van der Waals surface area contributed by atoms with Crippen molar-refractivity contribution in [3.05, 3.63) is 47.8 Å². The van der Waals surface area contributed by atoms with Gasteiger partial charge in [0.05, 0.1) is 20.3 Å². The average molecular weight is 343 g/mol. The van der Waals surface area contributed by atoms with Gasteiger partial charge in [-0.05, 0) is 43.2 Å². The van der Waals surface area contributed by atoms with E-state index in [9.17, 15) is 4.79 Å².